The number of benzene rings is 1. The van der Waals surface area contributed by atoms with Crippen molar-refractivity contribution >= 4 is 35.6 Å². The number of carbonyl (C=O) groups is 2. The molecule has 2 fully saturated rings. The molecule has 1 aromatic carbocycles. The highest BCUT2D eigenvalue weighted by atomic mass is 35.5. The summed E-state index contributed by atoms with van der Waals surface area (Å²) in [5, 5.41) is 5.13. The smallest absolute Gasteiger partial charge is 0.254 e. The second-order valence-corrected chi connectivity index (χ2v) is 8.24. The van der Waals surface area contributed by atoms with Crippen LogP contribution in [0.25, 0.3) is 0 Å². The Morgan fingerprint density at radius 2 is 2.14 bits per heavy atom. The standard InChI is InChI=1S/C21H25N3O3S.ClH/c25-20-13-22-8-10-24(20)17-5-2-9-23(14-17)21(26)16-4-1-6-18(12-16)27-15-19-7-3-11-28-19;/h1,3-4,6-7,11-12,17,22H,2,5,8-10,13-15H2;1H. The molecule has 1 atom stereocenters. The van der Waals surface area contributed by atoms with E-state index in [9.17, 15) is 9.59 Å². The van der Waals surface area contributed by atoms with Gasteiger partial charge in [-0.3, -0.25) is 9.59 Å². The zero-order valence-corrected chi connectivity index (χ0v) is 17.8. The quantitative estimate of drug-likeness (QED) is 0.784. The van der Waals surface area contributed by atoms with Gasteiger partial charge in [-0.25, -0.2) is 0 Å². The van der Waals surface area contributed by atoms with Gasteiger partial charge >= 0.3 is 0 Å². The molecule has 6 nitrogen and oxygen atoms in total. The topological polar surface area (TPSA) is 61.9 Å². The zero-order chi connectivity index (χ0) is 19.3. The van der Waals surface area contributed by atoms with Gasteiger partial charge < -0.3 is 19.9 Å². The van der Waals surface area contributed by atoms with Crippen molar-refractivity contribution in [3.05, 3.63) is 52.2 Å². The van der Waals surface area contributed by atoms with Crippen LogP contribution in [0, 0.1) is 0 Å². The van der Waals surface area contributed by atoms with Crippen LogP contribution >= 0.6 is 23.7 Å². The molecule has 2 aliphatic rings. The molecule has 0 bridgehead atoms. The van der Waals surface area contributed by atoms with Crippen LogP contribution in [0.1, 0.15) is 28.1 Å². The number of amides is 2. The minimum atomic E-state index is 0. The van der Waals surface area contributed by atoms with E-state index >= 15 is 0 Å². The summed E-state index contributed by atoms with van der Waals surface area (Å²) in [6.45, 7) is 3.78. The summed E-state index contributed by atoms with van der Waals surface area (Å²) in [5.41, 5.74) is 0.635. The maximum atomic E-state index is 13.1. The maximum absolute atomic E-state index is 13.1. The van der Waals surface area contributed by atoms with Gasteiger partial charge in [0.05, 0.1) is 6.54 Å². The van der Waals surface area contributed by atoms with Gasteiger partial charge in [-0.2, -0.15) is 0 Å². The van der Waals surface area contributed by atoms with E-state index in [0.29, 0.717) is 31.0 Å². The number of rotatable bonds is 5. The van der Waals surface area contributed by atoms with Crippen LogP contribution in [-0.2, 0) is 11.4 Å². The average molecular weight is 436 g/mol. The van der Waals surface area contributed by atoms with E-state index in [2.05, 4.69) is 5.32 Å². The summed E-state index contributed by atoms with van der Waals surface area (Å²) in [6.07, 6.45) is 1.88. The van der Waals surface area contributed by atoms with Gasteiger partial charge in [-0.1, -0.05) is 12.1 Å². The van der Waals surface area contributed by atoms with Crippen LogP contribution < -0.4 is 10.1 Å². The number of thiophene rings is 1. The van der Waals surface area contributed by atoms with Gasteiger partial charge in [0, 0.05) is 42.7 Å². The van der Waals surface area contributed by atoms with Crippen LogP contribution in [0.15, 0.2) is 41.8 Å². The predicted molar refractivity (Wildman–Crippen MR) is 116 cm³/mol. The Hall–Kier alpha value is -2.09. The Bertz CT molecular complexity index is 830. The van der Waals surface area contributed by atoms with E-state index in [-0.39, 0.29) is 30.3 Å². The molecule has 3 heterocycles. The lowest BCUT2D eigenvalue weighted by molar-refractivity contribution is -0.135. The summed E-state index contributed by atoms with van der Waals surface area (Å²) < 4.78 is 5.84. The van der Waals surface area contributed by atoms with Gasteiger partial charge in [0.1, 0.15) is 12.4 Å². The lowest BCUT2D eigenvalue weighted by atomic mass is 10.0. The second kappa shape index (κ2) is 10.1. The zero-order valence-electron chi connectivity index (χ0n) is 16.2. The molecule has 29 heavy (non-hydrogen) atoms. The molecule has 1 N–H and O–H groups in total. The summed E-state index contributed by atoms with van der Waals surface area (Å²) in [5.74, 6) is 0.841. The Balaban J connectivity index is 0.00000240. The molecule has 1 aromatic heterocycles. The summed E-state index contributed by atoms with van der Waals surface area (Å²) in [6, 6.07) is 11.5. The highest BCUT2D eigenvalue weighted by molar-refractivity contribution is 7.09. The first-order valence-electron chi connectivity index (χ1n) is 9.75. The lowest BCUT2D eigenvalue weighted by Crippen LogP contribution is -2.57. The molecule has 0 spiro atoms. The molecule has 0 radical (unpaired) electrons. The number of nitrogens with one attached hydrogen (secondary N) is 1. The Kier molecular flexibility index (Phi) is 7.52. The number of nitrogens with zero attached hydrogens (tertiary/aromatic N) is 2. The van der Waals surface area contributed by atoms with E-state index in [1.807, 2.05) is 51.6 Å². The Morgan fingerprint density at radius 3 is 2.93 bits per heavy atom. The number of carbonyl (C=O) groups excluding carboxylic acids is 2. The largest absolute Gasteiger partial charge is 0.488 e. The van der Waals surface area contributed by atoms with E-state index in [1.165, 1.54) is 0 Å². The summed E-state index contributed by atoms with van der Waals surface area (Å²) in [7, 11) is 0. The number of piperidine rings is 1. The normalized spacial score (nSPS) is 19.6. The molecular formula is C21H26ClN3O3S. The SMILES string of the molecule is Cl.O=C(c1cccc(OCc2cccs2)c1)N1CCCC(N2CCNCC2=O)C1. The first kappa shape index (κ1) is 21.6. The fourth-order valence-corrected chi connectivity index (χ4v) is 4.47. The number of piperazine rings is 1. The van der Waals surface area contributed by atoms with Gasteiger partial charge in [0.15, 0.2) is 0 Å². The van der Waals surface area contributed by atoms with E-state index < -0.39 is 0 Å². The van der Waals surface area contributed by atoms with Crippen molar-refractivity contribution in [2.75, 3.05) is 32.7 Å². The number of hydrogen-bond acceptors (Lipinski definition) is 5. The lowest BCUT2D eigenvalue weighted by Gasteiger charge is -2.41. The molecule has 4 rings (SSSR count). The Labute approximate surface area is 181 Å². The molecule has 2 saturated heterocycles. The molecule has 0 aliphatic carbocycles. The third-order valence-electron chi connectivity index (χ3n) is 5.29. The highest BCUT2D eigenvalue weighted by Gasteiger charge is 2.31. The van der Waals surface area contributed by atoms with E-state index in [1.54, 1.807) is 11.3 Å². The van der Waals surface area contributed by atoms with Crippen LogP contribution in [-0.4, -0.2) is 60.4 Å². The monoisotopic (exact) mass is 435 g/mol. The minimum Gasteiger partial charge on any atom is -0.488 e. The molecule has 2 amide bonds. The van der Waals surface area contributed by atoms with Crippen molar-refractivity contribution in [3.8, 4) is 5.75 Å². The third-order valence-corrected chi connectivity index (χ3v) is 6.14. The van der Waals surface area contributed by atoms with Crippen molar-refractivity contribution in [3.63, 3.8) is 0 Å². The van der Waals surface area contributed by atoms with Crippen molar-refractivity contribution in [2.45, 2.75) is 25.5 Å². The average Bonchev–Trinajstić information content (AvgIpc) is 3.26. The van der Waals surface area contributed by atoms with Crippen molar-refractivity contribution in [1.29, 1.82) is 0 Å². The van der Waals surface area contributed by atoms with Crippen molar-refractivity contribution < 1.29 is 14.3 Å². The molecular weight excluding hydrogens is 410 g/mol. The van der Waals surface area contributed by atoms with Gasteiger partial charge in [0.2, 0.25) is 5.91 Å². The number of ether oxygens (including phenoxy) is 1. The first-order valence-corrected chi connectivity index (χ1v) is 10.6. The molecule has 0 saturated carbocycles. The molecule has 1 unspecified atom stereocenters. The molecule has 2 aromatic rings. The van der Waals surface area contributed by atoms with Gasteiger partial charge in [0.25, 0.3) is 5.91 Å². The Morgan fingerprint density at radius 1 is 1.24 bits per heavy atom. The van der Waals surface area contributed by atoms with Crippen LogP contribution in [0.5, 0.6) is 5.75 Å². The van der Waals surface area contributed by atoms with Gasteiger partial charge in [-0.05, 0) is 42.5 Å². The maximum Gasteiger partial charge on any atom is 0.254 e. The van der Waals surface area contributed by atoms with Crippen LogP contribution in [0.4, 0.5) is 0 Å². The highest BCUT2D eigenvalue weighted by Crippen LogP contribution is 2.22. The van der Waals surface area contributed by atoms with Crippen molar-refractivity contribution in [2.24, 2.45) is 0 Å². The number of hydrogen-bond donors (Lipinski definition) is 1. The fourth-order valence-electron chi connectivity index (χ4n) is 3.85. The number of likely N-dealkylation sites (tertiary alicyclic amines) is 1. The summed E-state index contributed by atoms with van der Waals surface area (Å²) in [4.78, 5) is 30.2. The predicted octanol–water partition coefficient (Wildman–Crippen LogP) is 2.79. The molecule has 2 aliphatic heterocycles. The second-order valence-electron chi connectivity index (χ2n) is 7.21. The van der Waals surface area contributed by atoms with Crippen LogP contribution in [0.2, 0.25) is 0 Å². The molecule has 156 valence electrons. The molecule has 8 heteroatoms. The number of halogens is 1. The van der Waals surface area contributed by atoms with E-state index in [0.717, 1.165) is 37.4 Å². The van der Waals surface area contributed by atoms with Gasteiger partial charge in [-0.15, -0.1) is 23.7 Å². The van der Waals surface area contributed by atoms with E-state index in [4.69, 9.17) is 4.74 Å². The van der Waals surface area contributed by atoms with Crippen LogP contribution in [0.3, 0.4) is 0 Å². The fraction of sp³-hybridized carbons (Fsp3) is 0.429. The first-order chi connectivity index (χ1) is 13.7. The minimum absolute atomic E-state index is 0. The third kappa shape index (κ3) is 5.29. The van der Waals surface area contributed by atoms with Crippen molar-refractivity contribution in [1.82, 2.24) is 15.1 Å². The summed E-state index contributed by atoms with van der Waals surface area (Å²) >= 11 is 1.65.